The van der Waals surface area contributed by atoms with Crippen LogP contribution in [0.5, 0.6) is 0 Å². The number of rotatable bonds is 1. The number of nitrogens with one attached hydrogen (secondary N) is 1. The topological polar surface area (TPSA) is 23.8 Å². The Morgan fingerprint density at radius 3 is 2.40 bits per heavy atom. The molecule has 0 amide bonds. The van der Waals surface area contributed by atoms with Gasteiger partial charge in [0.1, 0.15) is 0 Å². The predicted octanol–water partition coefficient (Wildman–Crippen LogP) is 2.60. The first kappa shape index (κ1) is 10.8. The molecule has 0 aliphatic heterocycles. The van der Waals surface area contributed by atoms with Gasteiger partial charge in [0.15, 0.2) is 0 Å². The molecule has 0 fully saturated rings. The standard InChI is InChI=1S/C8H13N.Y/c1-2-7-5-3-4-6-8(7)9;/h3-4,7-9H,1-2,5-6H2;/q-2;. The van der Waals surface area contributed by atoms with Crippen LogP contribution in [0.15, 0.2) is 12.2 Å². The predicted molar refractivity (Wildman–Crippen MR) is 39.9 cm³/mol. The van der Waals surface area contributed by atoms with Crippen LogP contribution in [0, 0.1) is 12.8 Å². The van der Waals surface area contributed by atoms with Crippen LogP contribution in [-0.4, -0.2) is 6.04 Å². The number of hydrogen-bond acceptors (Lipinski definition) is 0. The van der Waals surface area contributed by atoms with Gasteiger partial charge in [-0.1, -0.05) is 24.5 Å². The van der Waals surface area contributed by atoms with E-state index >= 15 is 0 Å². The zero-order valence-electron chi connectivity index (χ0n) is 6.22. The van der Waals surface area contributed by atoms with Crippen LogP contribution in [0.25, 0.3) is 5.73 Å². The molecule has 2 unspecified atom stereocenters. The minimum absolute atomic E-state index is 0. The molecular formula is C8H13NY-2. The third-order valence-electron chi connectivity index (χ3n) is 1.94. The molecule has 55 valence electrons. The van der Waals surface area contributed by atoms with E-state index in [1.165, 1.54) is 0 Å². The van der Waals surface area contributed by atoms with Crippen molar-refractivity contribution in [1.29, 1.82) is 0 Å². The van der Waals surface area contributed by atoms with Crippen molar-refractivity contribution in [1.82, 2.24) is 0 Å². The van der Waals surface area contributed by atoms with Crippen molar-refractivity contribution in [2.45, 2.75) is 25.3 Å². The van der Waals surface area contributed by atoms with Crippen LogP contribution in [0.1, 0.15) is 19.3 Å². The summed E-state index contributed by atoms with van der Waals surface area (Å²) in [6.45, 7) is 3.81. The van der Waals surface area contributed by atoms with Gasteiger partial charge >= 0.3 is 0 Å². The molecule has 1 radical (unpaired) electrons. The molecule has 2 atom stereocenters. The van der Waals surface area contributed by atoms with Gasteiger partial charge in [-0.2, -0.15) is 6.42 Å². The first-order valence-corrected chi connectivity index (χ1v) is 3.50. The van der Waals surface area contributed by atoms with E-state index in [-0.39, 0.29) is 38.8 Å². The average Bonchev–Trinajstić information content (AvgIpc) is 1.89. The molecule has 1 N–H and O–H groups in total. The second-order valence-corrected chi connectivity index (χ2v) is 2.60. The van der Waals surface area contributed by atoms with Crippen LogP contribution in [-0.2, 0) is 32.7 Å². The maximum atomic E-state index is 7.54. The Bertz CT molecular complexity index is 112. The fraction of sp³-hybridized carbons (Fsp3) is 0.625. The van der Waals surface area contributed by atoms with Crippen molar-refractivity contribution in [3.8, 4) is 0 Å². The van der Waals surface area contributed by atoms with Crippen molar-refractivity contribution < 1.29 is 32.7 Å². The molecule has 0 aromatic rings. The monoisotopic (exact) mass is 212 g/mol. The fourth-order valence-electron chi connectivity index (χ4n) is 1.19. The molecule has 1 rings (SSSR count). The summed E-state index contributed by atoms with van der Waals surface area (Å²) in [4.78, 5) is 0. The summed E-state index contributed by atoms with van der Waals surface area (Å²) < 4.78 is 0. The molecule has 0 saturated heterocycles. The summed E-state index contributed by atoms with van der Waals surface area (Å²) in [6, 6.07) is 0.118. The van der Waals surface area contributed by atoms with Crippen molar-refractivity contribution in [3.05, 3.63) is 24.8 Å². The molecule has 0 spiro atoms. The largest absolute Gasteiger partial charge is 0.674 e. The van der Waals surface area contributed by atoms with E-state index in [0.717, 1.165) is 19.3 Å². The molecule has 0 saturated carbocycles. The molecule has 0 aromatic carbocycles. The summed E-state index contributed by atoms with van der Waals surface area (Å²) in [5.74, 6) is 0.523. The minimum Gasteiger partial charge on any atom is -0.674 e. The van der Waals surface area contributed by atoms with Crippen LogP contribution >= 0.6 is 0 Å². The Balaban J connectivity index is 0.000000810. The molecule has 1 aliphatic carbocycles. The van der Waals surface area contributed by atoms with E-state index in [0.29, 0.717) is 5.92 Å². The first-order valence-electron chi connectivity index (χ1n) is 3.50. The Kier molecular flexibility index (Phi) is 5.89. The molecule has 1 nitrogen and oxygen atoms in total. The molecule has 1 aliphatic rings. The van der Waals surface area contributed by atoms with E-state index in [4.69, 9.17) is 5.73 Å². The van der Waals surface area contributed by atoms with Gasteiger partial charge in [-0.15, -0.1) is 6.04 Å². The first-order chi connectivity index (χ1) is 4.34. The van der Waals surface area contributed by atoms with Crippen molar-refractivity contribution in [2.75, 3.05) is 0 Å². The second kappa shape index (κ2) is 5.45. The van der Waals surface area contributed by atoms with Crippen molar-refractivity contribution >= 4 is 0 Å². The summed E-state index contributed by atoms with van der Waals surface area (Å²) in [7, 11) is 0. The number of hydrogen-bond donors (Lipinski definition) is 0. The average molecular weight is 212 g/mol. The summed E-state index contributed by atoms with van der Waals surface area (Å²) in [5.41, 5.74) is 7.54. The normalized spacial score (nSPS) is 31.4. The molecule has 10 heavy (non-hydrogen) atoms. The van der Waals surface area contributed by atoms with Gasteiger partial charge in [0.05, 0.1) is 0 Å². The van der Waals surface area contributed by atoms with E-state index in [9.17, 15) is 0 Å². The van der Waals surface area contributed by atoms with Crippen LogP contribution in [0.4, 0.5) is 0 Å². The van der Waals surface area contributed by atoms with Gasteiger partial charge in [-0.05, 0) is 6.42 Å². The Labute approximate surface area is 88.3 Å². The number of allylic oxidation sites excluding steroid dienone is 1. The Morgan fingerprint density at radius 1 is 1.40 bits per heavy atom. The zero-order valence-corrected chi connectivity index (χ0v) is 9.05. The second-order valence-electron chi connectivity index (χ2n) is 2.60. The van der Waals surface area contributed by atoms with Gasteiger partial charge in [0, 0.05) is 32.7 Å². The van der Waals surface area contributed by atoms with Gasteiger partial charge in [-0.25, -0.2) is 0 Å². The summed E-state index contributed by atoms with van der Waals surface area (Å²) in [5, 5.41) is 0. The van der Waals surface area contributed by atoms with Gasteiger partial charge in [0.2, 0.25) is 0 Å². The molecule has 0 bridgehead atoms. The van der Waals surface area contributed by atoms with Gasteiger partial charge in [0.25, 0.3) is 0 Å². The van der Waals surface area contributed by atoms with Crippen LogP contribution in [0.3, 0.4) is 0 Å². The van der Waals surface area contributed by atoms with E-state index < -0.39 is 0 Å². The Hall–Kier alpha value is 0.804. The van der Waals surface area contributed by atoms with E-state index in [1.807, 2.05) is 0 Å². The maximum absolute atomic E-state index is 7.54. The zero-order chi connectivity index (χ0) is 6.69. The van der Waals surface area contributed by atoms with Gasteiger partial charge < -0.3 is 12.7 Å². The summed E-state index contributed by atoms with van der Waals surface area (Å²) in [6.07, 6.45) is 7.18. The Morgan fingerprint density at radius 2 is 2.00 bits per heavy atom. The van der Waals surface area contributed by atoms with Crippen molar-refractivity contribution in [3.63, 3.8) is 0 Å². The minimum atomic E-state index is 0. The van der Waals surface area contributed by atoms with Crippen molar-refractivity contribution in [2.24, 2.45) is 5.92 Å². The summed E-state index contributed by atoms with van der Waals surface area (Å²) >= 11 is 0. The smallest absolute Gasteiger partial charge is 0 e. The van der Waals surface area contributed by atoms with Crippen LogP contribution < -0.4 is 0 Å². The SMILES string of the molecule is [CH2-]CC1CC=CCC1[NH-].[Y]. The molecule has 0 heterocycles. The molecular weight excluding hydrogens is 199 g/mol. The third kappa shape index (κ3) is 2.81. The maximum Gasteiger partial charge on any atom is 0 e. The van der Waals surface area contributed by atoms with Crippen LogP contribution in [0.2, 0.25) is 0 Å². The third-order valence-corrected chi connectivity index (χ3v) is 1.94. The fourth-order valence-corrected chi connectivity index (χ4v) is 1.19. The molecule has 2 heteroatoms. The quantitative estimate of drug-likeness (QED) is 0.471. The van der Waals surface area contributed by atoms with E-state index in [2.05, 4.69) is 19.1 Å². The molecule has 0 aromatic heterocycles. The van der Waals surface area contributed by atoms with Gasteiger partial charge in [-0.3, -0.25) is 0 Å². The van der Waals surface area contributed by atoms with E-state index in [1.54, 1.807) is 0 Å².